The van der Waals surface area contributed by atoms with E-state index in [2.05, 4.69) is 71.6 Å². The standard InChI is InChI=1S/C30H30FNO.ClH/c31-29-14-12-26(13-15-29)27-16-18-32(19-17-27)30(33-22-23-6-2-1-3-7-23)21-24-10-11-25-8-4-5-9-28(25)20-24;/h1-15,20,27,30H,16-19,21-22H2;1H. The molecule has 0 amide bonds. The minimum absolute atomic E-state index is 0. The summed E-state index contributed by atoms with van der Waals surface area (Å²) >= 11 is 0. The lowest BCUT2D eigenvalue weighted by atomic mass is 9.89. The third-order valence-corrected chi connectivity index (χ3v) is 6.79. The van der Waals surface area contributed by atoms with Crippen LogP contribution in [-0.4, -0.2) is 24.2 Å². The Morgan fingerprint density at radius 1 is 0.765 bits per heavy atom. The zero-order chi connectivity index (χ0) is 22.5. The molecule has 1 aliphatic rings. The van der Waals surface area contributed by atoms with Crippen molar-refractivity contribution >= 4 is 23.2 Å². The minimum Gasteiger partial charge on any atom is -0.358 e. The summed E-state index contributed by atoms with van der Waals surface area (Å²) in [4.78, 5) is 2.48. The Morgan fingerprint density at radius 3 is 2.18 bits per heavy atom. The van der Waals surface area contributed by atoms with Crippen molar-refractivity contribution in [1.29, 1.82) is 0 Å². The lowest BCUT2D eigenvalue weighted by Crippen LogP contribution is -2.43. The maximum atomic E-state index is 13.3. The fourth-order valence-corrected chi connectivity index (χ4v) is 4.88. The number of nitrogens with zero attached hydrogens (tertiary/aromatic N) is 1. The van der Waals surface area contributed by atoms with Gasteiger partial charge in [0.05, 0.1) is 6.61 Å². The van der Waals surface area contributed by atoms with Crippen molar-refractivity contribution in [2.24, 2.45) is 0 Å². The van der Waals surface area contributed by atoms with E-state index in [-0.39, 0.29) is 24.5 Å². The number of ether oxygens (including phenoxy) is 1. The lowest BCUT2D eigenvalue weighted by molar-refractivity contribution is -0.0766. The zero-order valence-electron chi connectivity index (χ0n) is 19.3. The summed E-state index contributed by atoms with van der Waals surface area (Å²) in [5.41, 5.74) is 3.74. The molecule has 176 valence electrons. The van der Waals surface area contributed by atoms with Gasteiger partial charge in [-0.25, -0.2) is 4.39 Å². The van der Waals surface area contributed by atoms with Gasteiger partial charge in [-0.3, -0.25) is 4.90 Å². The summed E-state index contributed by atoms with van der Waals surface area (Å²) in [5.74, 6) is 0.318. The number of likely N-dealkylation sites (tertiary alicyclic amines) is 1. The molecule has 1 atom stereocenters. The first-order chi connectivity index (χ1) is 16.2. The summed E-state index contributed by atoms with van der Waals surface area (Å²) in [7, 11) is 0. The maximum Gasteiger partial charge on any atom is 0.123 e. The highest BCUT2D eigenvalue weighted by Crippen LogP contribution is 2.30. The molecular weight excluding hydrogens is 445 g/mol. The predicted octanol–water partition coefficient (Wildman–Crippen LogP) is 7.37. The van der Waals surface area contributed by atoms with Crippen LogP contribution < -0.4 is 0 Å². The smallest absolute Gasteiger partial charge is 0.123 e. The number of piperidine rings is 1. The van der Waals surface area contributed by atoms with Crippen LogP contribution >= 0.6 is 12.4 Å². The van der Waals surface area contributed by atoms with E-state index in [1.807, 2.05) is 18.2 Å². The van der Waals surface area contributed by atoms with Gasteiger partial charge in [0.1, 0.15) is 12.0 Å². The predicted molar refractivity (Wildman–Crippen MR) is 140 cm³/mol. The highest BCUT2D eigenvalue weighted by atomic mass is 35.5. The first-order valence-corrected chi connectivity index (χ1v) is 11.9. The van der Waals surface area contributed by atoms with Crippen LogP contribution in [-0.2, 0) is 17.8 Å². The number of hydrogen-bond donors (Lipinski definition) is 0. The van der Waals surface area contributed by atoms with Crippen LogP contribution in [0.3, 0.4) is 0 Å². The van der Waals surface area contributed by atoms with Gasteiger partial charge in [0.2, 0.25) is 0 Å². The monoisotopic (exact) mass is 475 g/mol. The van der Waals surface area contributed by atoms with Crippen molar-refractivity contribution in [2.45, 2.75) is 38.0 Å². The van der Waals surface area contributed by atoms with Gasteiger partial charge in [-0.2, -0.15) is 0 Å². The Hall–Kier alpha value is -2.72. The molecule has 0 N–H and O–H groups in total. The summed E-state index contributed by atoms with van der Waals surface area (Å²) in [5, 5.41) is 2.54. The molecule has 0 aromatic heterocycles. The molecule has 5 rings (SSSR count). The topological polar surface area (TPSA) is 12.5 Å². The molecule has 2 nitrogen and oxygen atoms in total. The number of rotatable bonds is 7. The molecule has 0 bridgehead atoms. The molecule has 0 aliphatic carbocycles. The van der Waals surface area contributed by atoms with Crippen LogP contribution in [0.25, 0.3) is 10.8 Å². The molecule has 4 aromatic carbocycles. The Kier molecular flexibility index (Phi) is 8.34. The molecule has 0 spiro atoms. The van der Waals surface area contributed by atoms with Gasteiger partial charge < -0.3 is 4.74 Å². The first kappa shape index (κ1) is 24.4. The van der Waals surface area contributed by atoms with Gasteiger partial charge in [-0.1, -0.05) is 84.9 Å². The highest BCUT2D eigenvalue weighted by molar-refractivity contribution is 5.85. The van der Waals surface area contributed by atoms with E-state index >= 15 is 0 Å². The third kappa shape index (κ3) is 6.04. The Labute approximate surface area is 207 Å². The van der Waals surface area contributed by atoms with Crippen molar-refractivity contribution in [3.8, 4) is 0 Å². The van der Waals surface area contributed by atoms with E-state index in [0.29, 0.717) is 12.5 Å². The van der Waals surface area contributed by atoms with Gasteiger partial charge in [-0.15, -0.1) is 12.4 Å². The van der Waals surface area contributed by atoms with Crippen molar-refractivity contribution in [2.75, 3.05) is 13.1 Å². The molecule has 34 heavy (non-hydrogen) atoms. The molecule has 4 heteroatoms. The fourth-order valence-electron chi connectivity index (χ4n) is 4.88. The summed E-state index contributed by atoms with van der Waals surface area (Å²) < 4.78 is 19.8. The van der Waals surface area contributed by atoms with Crippen molar-refractivity contribution < 1.29 is 9.13 Å². The normalized spacial score (nSPS) is 15.7. The van der Waals surface area contributed by atoms with E-state index in [1.54, 1.807) is 12.1 Å². The van der Waals surface area contributed by atoms with Crippen molar-refractivity contribution in [3.63, 3.8) is 0 Å². The number of halogens is 2. The SMILES string of the molecule is Cl.Fc1ccc(C2CCN(C(Cc3ccc4ccccc4c3)OCc3ccccc3)CC2)cc1. The van der Waals surface area contributed by atoms with Gasteiger partial charge in [0.15, 0.2) is 0 Å². The van der Waals surface area contributed by atoms with Crippen LogP contribution in [0.5, 0.6) is 0 Å². The second-order valence-corrected chi connectivity index (χ2v) is 9.00. The second kappa shape index (κ2) is 11.6. The molecule has 1 aliphatic heterocycles. The van der Waals surface area contributed by atoms with E-state index in [4.69, 9.17) is 4.74 Å². The van der Waals surface area contributed by atoms with E-state index in [0.717, 1.165) is 32.4 Å². The third-order valence-electron chi connectivity index (χ3n) is 6.79. The van der Waals surface area contributed by atoms with Crippen LogP contribution in [0.1, 0.15) is 35.4 Å². The average Bonchev–Trinajstić information content (AvgIpc) is 2.88. The Balaban J connectivity index is 0.00000274. The average molecular weight is 476 g/mol. The van der Waals surface area contributed by atoms with Crippen LogP contribution in [0.15, 0.2) is 97.1 Å². The van der Waals surface area contributed by atoms with E-state index < -0.39 is 0 Å². The number of fused-ring (bicyclic) bond motifs is 1. The number of hydrogen-bond acceptors (Lipinski definition) is 2. The molecule has 0 radical (unpaired) electrons. The molecule has 1 saturated heterocycles. The molecule has 1 fully saturated rings. The summed E-state index contributed by atoms with van der Waals surface area (Å²) in [6, 6.07) is 32.7. The number of benzene rings is 4. The zero-order valence-corrected chi connectivity index (χ0v) is 20.1. The molecule has 1 heterocycles. The Bertz CT molecular complexity index is 1170. The van der Waals surface area contributed by atoms with E-state index in [9.17, 15) is 4.39 Å². The maximum absolute atomic E-state index is 13.3. The quantitative estimate of drug-likeness (QED) is 0.276. The van der Waals surface area contributed by atoms with Crippen LogP contribution in [0.2, 0.25) is 0 Å². The fraction of sp³-hybridized carbons (Fsp3) is 0.267. The van der Waals surface area contributed by atoms with Crippen molar-refractivity contribution in [1.82, 2.24) is 4.90 Å². The van der Waals surface area contributed by atoms with Crippen molar-refractivity contribution in [3.05, 3.63) is 120 Å². The molecular formula is C30H31ClFNO. The van der Waals surface area contributed by atoms with Gasteiger partial charge in [0.25, 0.3) is 0 Å². The van der Waals surface area contributed by atoms with Crippen LogP contribution in [0.4, 0.5) is 4.39 Å². The van der Waals surface area contributed by atoms with Gasteiger partial charge in [0, 0.05) is 19.5 Å². The first-order valence-electron chi connectivity index (χ1n) is 11.9. The summed E-state index contributed by atoms with van der Waals surface area (Å²) in [6.07, 6.45) is 3.02. The largest absolute Gasteiger partial charge is 0.358 e. The highest BCUT2D eigenvalue weighted by Gasteiger charge is 2.27. The lowest BCUT2D eigenvalue weighted by Gasteiger charge is -2.37. The van der Waals surface area contributed by atoms with Crippen LogP contribution in [0, 0.1) is 5.82 Å². The summed E-state index contributed by atoms with van der Waals surface area (Å²) in [6.45, 7) is 2.57. The molecule has 4 aromatic rings. The molecule has 0 saturated carbocycles. The minimum atomic E-state index is -0.166. The van der Waals surface area contributed by atoms with Gasteiger partial charge in [-0.05, 0) is 58.4 Å². The van der Waals surface area contributed by atoms with E-state index in [1.165, 1.54) is 27.5 Å². The Morgan fingerprint density at radius 2 is 1.44 bits per heavy atom. The van der Waals surface area contributed by atoms with Gasteiger partial charge >= 0.3 is 0 Å². The second-order valence-electron chi connectivity index (χ2n) is 9.00. The molecule has 1 unspecified atom stereocenters.